The van der Waals surface area contributed by atoms with Crippen molar-refractivity contribution in [1.29, 1.82) is 0 Å². The summed E-state index contributed by atoms with van der Waals surface area (Å²) in [7, 11) is 0. The van der Waals surface area contributed by atoms with Crippen molar-refractivity contribution in [2.45, 2.75) is 32.2 Å². The molecule has 11 heteroatoms. The van der Waals surface area contributed by atoms with Crippen LogP contribution in [0.5, 0.6) is 0 Å². The number of anilines is 1. The minimum atomic E-state index is -0.687. The van der Waals surface area contributed by atoms with Gasteiger partial charge in [0.2, 0.25) is 17.8 Å². The van der Waals surface area contributed by atoms with Gasteiger partial charge >= 0.3 is 0 Å². The average Bonchev–Trinajstić information content (AvgIpc) is 3.23. The van der Waals surface area contributed by atoms with E-state index in [2.05, 4.69) is 19.9 Å². The van der Waals surface area contributed by atoms with Crippen molar-refractivity contribution in [2.24, 2.45) is 11.7 Å². The Balaban J connectivity index is 1.42. The second-order valence-corrected chi connectivity index (χ2v) is 7.40. The van der Waals surface area contributed by atoms with Crippen LogP contribution in [-0.4, -0.2) is 56.5 Å². The summed E-state index contributed by atoms with van der Waals surface area (Å²) in [6.07, 6.45) is 5.74. The van der Waals surface area contributed by atoms with Crippen molar-refractivity contribution >= 4 is 17.8 Å². The van der Waals surface area contributed by atoms with Gasteiger partial charge in [-0.1, -0.05) is 0 Å². The van der Waals surface area contributed by atoms with Crippen LogP contribution in [-0.2, 0) is 9.63 Å². The predicted octanol–water partition coefficient (Wildman–Crippen LogP) is 0.935. The minimum Gasteiger partial charge on any atom is -0.364 e. The van der Waals surface area contributed by atoms with Gasteiger partial charge in [0.25, 0.3) is 5.91 Å². The first-order valence-electron chi connectivity index (χ1n) is 9.76. The van der Waals surface area contributed by atoms with Crippen LogP contribution in [0.4, 0.5) is 10.3 Å². The molecule has 10 nitrogen and oxygen atoms in total. The molecule has 0 aromatic carbocycles. The fourth-order valence-electron chi connectivity index (χ4n) is 3.81. The van der Waals surface area contributed by atoms with Gasteiger partial charge in [0.15, 0.2) is 0 Å². The predicted molar refractivity (Wildman–Crippen MR) is 102 cm³/mol. The van der Waals surface area contributed by atoms with E-state index in [0.29, 0.717) is 56.2 Å². The van der Waals surface area contributed by atoms with Gasteiger partial charge in [-0.3, -0.25) is 19.4 Å². The molecule has 0 bridgehead atoms. The van der Waals surface area contributed by atoms with Crippen molar-refractivity contribution in [3.05, 3.63) is 41.5 Å². The molecule has 2 aromatic heterocycles. The summed E-state index contributed by atoms with van der Waals surface area (Å²) in [5.74, 6) is -1.26. The van der Waals surface area contributed by atoms with Crippen LogP contribution in [0.2, 0.25) is 0 Å². The molecule has 30 heavy (non-hydrogen) atoms. The van der Waals surface area contributed by atoms with Crippen LogP contribution in [0.3, 0.4) is 0 Å². The maximum absolute atomic E-state index is 13.4. The lowest BCUT2D eigenvalue weighted by atomic mass is 9.95. The first-order valence-corrected chi connectivity index (χ1v) is 9.76. The molecule has 2 aliphatic heterocycles. The number of aryl methyl sites for hydroxylation is 1. The molecule has 0 saturated carbocycles. The summed E-state index contributed by atoms with van der Waals surface area (Å²) in [5.41, 5.74) is 6.57. The SMILES string of the molecule is Cc1cnc(N2CCC(C(=O)N3OCC[C@H]3c3cncc(F)n3)CC2)nc1C(N)=O. The number of hydroxylamine groups is 2. The van der Waals surface area contributed by atoms with Gasteiger partial charge in [-0.25, -0.2) is 20.0 Å². The van der Waals surface area contributed by atoms with E-state index in [4.69, 9.17) is 10.6 Å². The van der Waals surface area contributed by atoms with E-state index in [1.54, 1.807) is 13.1 Å². The Hall–Kier alpha value is -3.21. The van der Waals surface area contributed by atoms with Gasteiger partial charge in [0.1, 0.15) is 11.7 Å². The molecule has 2 amide bonds. The smallest absolute Gasteiger partial charge is 0.267 e. The number of carbonyl (C=O) groups is 2. The number of halogens is 1. The zero-order valence-electron chi connectivity index (χ0n) is 16.5. The fourth-order valence-corrected chi connectivity index (χ4v) is 3.81. The molecule has 0 aliphatic carbocycles. The molecule has 4 rings (SSSR count). The Morgan fingerprint density at radius 3 is 2.63 bits per heavy atom. The van der Waals surface area contributed by atoms with Crippen molar-refractivity contribution in [3.63, 3.8) is 0 Å². The number of nitrogens with two attached hydrogens (primary N) is 1. The molecule has 1 atom stereocenters. The molecule has 2 aromatic rings. The van der Waals surface area contributed by atoms with Crippen molar-refractivity contribution in [1.82, 2.24) is 25.0 Å². The van der Waals surface area contributed by atoms with Crippen LogP contribution in [0.1, 0.15) is 47.1 Å². The quantitative estimate of drug-likeness (QED) is 0.781. The van der Waals surface area contributed by atoms with Gasteiger partial charge in [-0.2, -0.15) is 4.39 Å². The zero-order valence-corrected chi connectivity index (χ0v) is 16.5. The summed E-state index contributed by atoms with van der Waals surface area (Å²) in [4.78, 5) is 48.3. The average molecular weight is 415 g/mol. The summed E-state index contributed by atoms with van der Waals surface area (Å²) in [6.45, 7) is 3.19. The number of primary amides is 1. The fraction of sp³-hybridized carbons (Fsp3) is 0.474. The summed E-state index contributed by atoms with van der Waals surface area (Å²) in [5, 5.41) is 1.32. The molecular weight excluding hydrogens is 393 g/mol. The Morgan fingerprint density at radius 2 is 1.93 bits per heavy atom. The standard InChI is InChI=1S/C19H22FN7O3/c1-11-8-23-19(25-16(11)17(21)28)26-5-2-12(3-6-26)18(29)27-14(4-7-30-27)13-9-22-10-15(20)24-13/h8-10,12,14H,2-7H2,1H3,(H2,21,28)/t14-/m0/s1. The minimum absolute atomic E-state index is 0.147. The zero-order chi connectivity index (χ0) is 21.3. The summed E-state index contributed by atoms with van der Waals surface area (Å²) >= 11 is 0. The highest BCUT2D eigenvalue weighted by molar-refractivity contribution is 5.92. The third-order valence-electron chi connectivity index (χ3n) is 5.41. The van der Waals surface area contributed by atoms with Crippen LogP contribution in [0, 0.1) is 18.8 Å². The van der Waals surface area contributed by atoms with Gasteiger partial charge in [0, 0.05) is 31.6 Å². The topological polar surface area (TPSA) is 127 Å². The number of piperidine rings is 1. The molecule has 2 fully saturated rings. The van der Waals surface area contributed by atoms with E-state index in [1.165, 1.54) is 11.3 Å². The van der Waals surface area contributed by atoms with E-state index in [-0.39, 0.29) is 17.5 Å². The number of hydrogen-bond acceptors (Lipinski definition) is 8. The summed E-state index contributed by atoms with van der Waals surface area (Å²) in [6, 6.07) is -0.447. The number of aromatic nitrogens is 4. The third kappa shape index (κ3) is 3.92. The van der Waals surface area contributed by atoms with Gasteiger partial charge in [0.05, 0.1) is 24.7 Å². The van der Waals surface area contributed by atoms with E-state index in [1.807, 2.05) is 4.90 Å². The second-order valence-electron chi connectivity index (χ2n) is 7.40. The van der Waals surface area contributed by atoms with Gasteiger partial charge < -0.3 is 10.6 Å². The molecule has 0 radical (unpaired) electrons. The first kappa shape index (κ1) is 20.1. The lowest BCUT2D eigenvalue weighted by molar-refractivity contribution is -0.182. The van der Waals surface area contributed by atoms with Gasteiger partial charge in [-0.15, -0.1) is 0 Å². The van der Waals surface area contributed by atoms with E-state index < -0.39 is 17.9 Å². The lowest BCUT2D eigenvalue weighted by Gasteiger charge is -2.34. The molecular formula is C19H22FN7O3. The molecule has 158 valence electrons. The molecule has 4 heterocycles. The number of rotatable bonds is 4. The van der Waals surface area contributed by atoms with E-state index in [0.717, 1.165) is 6.20 Å². The van der Waals surface area contributed by atoms with Gasteiger partial charge in [-0.05, 0) is 25.3 Å². The maximum Gasteiger partial charge on any atom is 0.267 e. The van der Waals surface area contributed by atoms with Crippen molar-refractivity contribution < 1.29 is 18.8 Å². The third-order valence-corrected chi connectivity index (χ3v) is 5.41. The van der Waals surface area contributed by atoms with Crippen molar-refractivity contribution in [3.8, 4) is 0 Å². The Bertz CT molecular complexity index is 965. The highest BCUT2D eigenvalue weighted by Gasteiger charge is 2.38. The monoisotopic (exact) mass is 415 g/mol. The summed E-state index contributed by atoms with van der Waals surface area (Å²) < 4.78 is 13.4. The van der Waals surface area contributed by atoms with Crippen molar-refractivity contribution in [2.75, 3.05) is 24.6 Å². The Morgan fingerprint density at radius 1 is 1.17 bits per heavy atom. The molecule has 0 spiro atoms. The highest BCUT2D eigenvalue weighted by atomic mass is 19.1. The van der Waals surface area contributed by atoms with Crippen LogP contribution < -0.4 is 10.6 Å². The molecule has 2 N–H and O–H groups in total. The second kappa shape index (κ2) is 8.27. The van der Waals surface area contributed by atoms with Crippen LogP contribution in [0.15, 0.2) is 18.6 Å². The van der Waals surface area contributed by atoms with E-state index >= 15 is 0 Å². The molecule has 0 unspecified atom stereocenters. The Labute approximate surface area is 172 Å². The number of amides is 2. The lowest BCUT2D eigenvalue weighted by Crippen LogP contribution is -2.42. The molecule has 2 saturated heterocycles. The highest BCUT2D eigenvalue weighted by Crippen LogP contribution is 2.32. The van der Waals surface area contributed by atoms with Crippen LogP contribution >= 0.6 is 0 Å². The largest absolute Gasteiger partial charge is 0.364 e. The maximum atomic E-state index is 13.4. The number of carbonyl (C=O) groups excluding carboxylic acids is 2. The normalized spacial score (nSPS) is 19.9. The number of hydrogen-bond donors (Lipinski definition) is 1. The van der Waals surface area contributed by atoms with Crippen LogP contribution in [0.25, 0.3) is 0 Å². The Kier molecular flexibility index (Phi) is 5.53. The number of nitrogens with zero attached hydrogens (tertiary/aromatic N) is 6. The first-order chi connectivity index (χ1) is 14.4. The molecule has 2 aliphatic rings. The van der Waals surface area contributed by atoms with E-state index in [9.17, 15) is 14.0 Å².